The van der Waals surface area contributed by atoms with Gasteiger partial charge in [0.15, 0.2) is 0 Å². The van der Waals surface area contributed by atoms with Crippen molar-refractivity contribution in [2.45, 2.75) is 51.7 Å². The summed E-state index contributed by atoms with van der Waals surface area (Å²) in [6.45, 7) is 4.10. The molecule has 0 radical (unpaired) electrons. The molecule has 0 aromatic rings. The second-order valence-corrected chi connectivity index (χ2v) is 6.96. The second-order valence-electron chi connectivity index (χ2n) is 5.15. The van der Waals surface area contributed by atoms with Crippen LogP contribution in [-0.4, -0.2) is 43.6 Å². The molecule has 0 heterocycles. The van der Waals surface area contributed by atoms with Crippen LogP contribution >= 0.6 is 0 Å². The van der Waals surface area contributed by atoms with Gasteiger partial charge in [-0.25, -0.2) is 4.72 Å². The van der Waals surface area contributed by atoms with E-state index in [0.717, 1.165) is 19.3 Å². The predicted octanol–water partition coefficient (Wildman–Crippen LogP) is 0.712. The van der Waals surface area contributed by atoms with Gasteiger partial charge in [0.25, 0.3) is 10.2 Å². The van der Waals surface area contributed by atoms with Gasteiger partial charge in [0, 0.05) is 19.6 Å². The van der Waals surface area contributed by atoms with E-state index in [2.05, 4.69) is 4.72 Å². The van der Waals surface area contributed by atoms with Crippen molar-refractivity contribution in [1.82, 2.24) is 9.03 Å². The van der Waals surface area contributed by atoms with Crippen molar-refractivity contribution in [2.24, 2.45) is 5.92 Å². The Kier molecular flexibility index (Phi) is 5.37. The van der Waals surface area contributed by atoms with E-state index in [-0.39, 0.29) is 18.1 Å². The van der Waals surface area contributed by atoms with Crippen LogP contribution in [0.2, 0.25) is 0 Å². The Bertz CT molecular complexity index is 330. The Morgan fingerprint density at radius 3 is 2.59 bits per heavy atom. The zero-order valence-corrected chi connectivity index (χ0v) is 11.7. The normalized spacial score (nSPS) is 26.7. The highest BCUT2D eigenvalue weighted by Crippen LogP contribution is 2.23. The van der Waals surface area contributed by atoms with Gasteiger partial charge >= 0.3 is 0 Å². The third-order valence-corrected chi connectivity index (χ3v) is 5.13. The lowest BCUT2D eigenvalue weighted by Crippen LogP contribution is -2.44. The first-order chi connectivity index (χ1) is 7.83. The van der Waals surface area contributed by atoms with Crippen LogP contribution in [0, 0.1) is 5.92 Å². The average molecular weight is 264 g/mol. The third-order valence-electron chi connectivity index (χ3n) is 3.42. The fraction of sp³-hybridized carbons (Fsp3) is 1.00. The molecular formula is C11H24N2O3S. The molecule has 1 aliphatic carbocycles. The molecule has 0 saturated heterocycles. The fourth-order valence-electron chi connectivity index (χ4n) is 2.05. The van der Waals surface area contributed by atoms with Crippen molar-refractivity contribution in [3.05, 3.63) is 0 Å². The molecule has 0 aromatic carbocycles. The predicted molar refractivity (Wildman–Crippen MR) is 67.8 cm³/mol. The molecule has 0 amide bonds. The highest BCUT2D eigenvalue weighted by atomic mass is 32.2. The minimum absolute atomic E-state index is 0.0514. The average Bonchev–Trinajstić information content (AvgIpc) is 2.25. The molecule has 102 valence electrons. The molecule has 0 spiro atoms. The Hall–Kier alpha value is -0.170. The van der Waals surface area contributed by atoms with Crippen LogP contribution in [0.4, 0.5) is 0 Å². The van der Waals surface area contributed by atoms with E-state index in [1.807, 2.05) is 13.8 Å². The van der Waals surface area contributed by atoms with Gasteiger partial charge in [-0.1, -0.05) is 6.42 Å². The van der Waals surface area contributed by atoms with E-state index in [4.69, 9.17) is 0 Å². The Morgan fingerprint density at radius 1 is 1.41 bits per heavy atom. The summed E-state index contributed by atoms with van der Waals surface area (Å²) in [6, 6.07) is -0.0514. The van der Waals surface area contributed by atoms with Gasteiger partial charge in [0.05, 0.1) is 6.10 Å². The van der Waals surface area contributed by atoms with Crippen LogP contribution in [0.1, 0.15) is 39.5 Å². The second kappa shape index (κ2) is 6.13. The molecule has 0 bridgehead atoms. The number of hydrogen-bond donors (Lipinski definition) is 2. The molecule has 1 aliphatic rings. The summed E-state index contributed by atoms with van der Waals surface area (Å²) in [5, 5.41) is 9.52. The largest absolute Gasteiger partial charge is 0.393 e. The SMILES string of the molecule is CC(C)N(C)S(=O)(=O)NCC1CCCC(O)C1. The van der Waals surface area contributed by atoms with Crippen molar-refractivity contribution < 1.29 is 13.5 Å². The summed E-state index contributed by atoms with van der Waals surface area (Å²) in [5.74, 6) is 0.258. The van der Waals surface area contributed by atoms with E-state index in [9.17, 15) is 13.5 Å². The van der Waals surface area contributed by atoms with Crippen LogP contribution in [0.3, 0.4) is 0 Å². The minimum Gasteiger partial charge on any atom is -0.393 e. The topological polar surface area (TPSA) is 69.6 Å². The van der Waals surface area contributed by atoms with Crippen molar-refractivity contribution in [1.29, 1.82) is 0 Å². The Labute approximate surface area is 104 Å². The molecule has 2 N–H and O–H groups in total. The molecule has 1 fully saturated rings. The standard InChI is InChI=1S/C11H24N2O3S/c1-9(2)13(3)17(15,16)12-8-10-5-4-6-11(14)7-10/h9-12,14H,4-8H2,1-3H3. The molecule has 1 saturated carbocycles. The molecule has 2 unspecified atom stereocenters. The van der Waals surface area contributed by atoms with Gasteiger partial charge in [-0.2, -0.15) is 12.7 Å². The summed E-state index contributed by atoms with van der Waals surface area (Å²) in [5.41, 5.74) is 0. The first-order valence-electron chi connectivity index (χ1n) is 6.23. The van der Waals surface area contributed by atoms with Gasteiger partial charge in [0.1, 0.15) is 0 Å². The number of aliphatic hydroxyl groups is 1. The maximum atomic E-state index is 11.8. The van der Waals surface area contributed by atoms with Gasteiger partial charge in [-0.05, 0) is 39.0 Å². The maximum Gasteiger partial charge on any atom is 0.279 e. The van der Waals surface area contributed by atoms with E-state index in [1.54, 1.807) is 7.05 Å². The Morgan fingerprint density at radius 2 is 2.06 bits per heavy atom. The van der Waals surface area contributed by atoms with Gasteiger partial charge in [-0.3, -0.25) is 0 Å². The first kappa shape index (κ1) is 14.9. The van der Waals surface area contributed by atoms with E-state index >= 15 is 0 Å². The van der Waals surface area contributed by atoms with E-state index in [1.165, 1.54) is 4.31 Å². The van der Waals surface area contributed by atoms with Crippen LogP contribution in [0.5, 0.6) is 0 Å². The van der Waals surface area contributed by atoms with Gasteiger partial charge in [0.2, 0.25) is 0 Å². The lowest BCUT2D eigenvalue weighted by atomic mass is 9.87. The molecule has 2 atom stereocenters. The smallest absolute Gasteiger partial charge is 0.279 e. The van der Waals surface area contributed by atoms with Crippen molar-refractivity contribution >= 4 is 10.2 Å². The zero-order chi connectivity index (χ0) is 13.1. The van der Waals surface area contributed by atoms with Crippen molar-refractivity contribution in [3.8, 4) is 0 Å². The van der Waals surface area contributed by atoms with Gasteiger partial charge < -0.3 is 5.11 Å². The molecule has 5 nitrogen and oxygen atoms in total. The molecule has 1 rings (SSSR count). The van der Waals surface area contributed by atoms with Crippen molar-refractivity contribution in [3.63, 3.8) is 0 Å². The molecule has 0 aliphatic heterocycles. The monoisotopic (exact) mass is 264 g/mol. The number of rotatable bonds is 5. The summed E-state index contributed by atoms with van der Waals surface area (Å²) in [7, 11) is -1.80. The maximum absolute atomic E-state index is 11.8. The molecular weight excluding hydrogens is 240 g/mol. The van der Waals surface area contributed by atoms with Crippen LogP contribution < -0.4 is 4.72 Å². The lowest BCUT2D eigenvalue weighted by Gasteiger charge is -2.27. The Balaban J connectivity index is 2.44. The van der Waals surface area contributed by atoms with Crippen molar-refractivity contribution in [2.75, 3.05) is 13.6 Å². The highest BCUT2D eigenvalue weighted by Gasteiger charge is 2.24. The molecule has 0 aromatic heterocycles. The summed E-state index contributed by atoms with van der Waals surface area (Å²) in [4.78, 5) is 0. The lowest BCUT2D eigenvalue weighted by molar-refractivity contribution is 0.102. The fourth-order valence-corrected chi connectivity index (χ4v) is 3.26. The molecule has 17 heavy (non-hydrogen) atoms. The highest BCUT2D eigenvalue weighted by molar-refractivity contribution is 7.87. The quantitative estimate of drug-likeness (QED) is 0.768. The van der Waals surface area contributed by atoms with E-state index < -0.39 is 10.2 Å². The van der Waals surface area contributed by atoms with Gasteiger partial charge in [-0.15, -0.1) is 0 Å². The van der Waals surface area contributed by atoms with Crippen LogP contribution in [0.25, 0.3) is 0 Å². The number of aliphatic hydroxyl groups excluding tert-OH is 1. The first-order valence-corrected chi connectivity index (χ1v) is 7.67. The number of nitrogens with one attached hydrogen (secondary N) is 1. The number of hydrogen-bond acceptors (Lipinski definition) is 3. The summed E-state index contributed by atoms with van der Waals surface area (Å²) >= 11 is 0. The zero-order valence-electron chi connectivity index (χ0n) is 10.9. The van der Waals surface area contributed by atoms with Crippen LogP contribution in [0.15, 0.2) is 0 Å². The summed E-state index contributed by atoms with van der Waals surface area (Å²) < 4.78 is 27.6. The molecule has 6 heteroatoms. The third kappa shape index (κ3) is 4.54. The summed E-state index contributed by atoms with van der Waals surface area (Å²) in [6.07, 6.45) is 3.25. The van der Waals surface area contributed by atoms with E-state index in [0.29, 0.717) is 13.0 Å². The van der Waals surface area contributed by atoms with Crippen LogP contribution in [-0.2, 0) is 10.2 Å². The number of nitrogens with zero attached hydrogens (tertiary/aromatic N) is 1. The minimum atomic E-state index is -3.37.